The van der Waals surface area contributed by atoms with Gasteiger partial charge in [-0.2, -0.15) is 11.8 Å². The van der Waals surface area contributed by atoms with Gasteiger partial charge in [0.2, 0.25) is 0 Å². The van der Waals surface area contributed by atoms with Crippen molar-refractivity contribution in [2.24, 2.45) is 0 Å². The van der Waals surface area contributed by atoms with Crippen molar-refractivity contribution < 1.29 is 9.90 Å². The van der Waals surface area contributed by atoms with Gasteiger partial charge in [-0.05, 0) is 55.5 Å². The Bertz CT molecular complexity index is 517. The molecule has 0 fully saturated rings. The first-order valence-electron chi connectivity index (χ1n) is 7.16. The Hall–Kier alpha value is -1.44. The maximum Gasteiger partial charge on any atom is 0.251 e. The van der Waals surface area contributed by atoms with Crippen LogP contribution in [0.3, 0.4) is 0 Å². The van der Waals surface area contributed by atoms with Gasteiger partial charge < -0.3 is 10.4 Å². The molecule has 3 nitrogen and oxygen atoms in total. The Balaban J connectivity index is 2.61. The van der Waals surface area contributed by atoms with Crippen LogP contribution in [0.5, 0.6) is 0 Å². The highest BCUT2D eigenvalue weighted by atomic mass is 32.2. The predicted octanol–water partition coefficient (Wildman–Crippen LogP) is 2.60. The van der Waals surface area contributed by atoms with Gasteiger partial charge in [0.05, 0.1) is 6.61 Å². The minimum atomic E-state index is -0.0481. The van der Waals surface area contributed by atoms with Crippen LogP contribution in [0.2, 0.25) is 0 Å². The second-order valence-electron chi connectivity index (χ2n) is 4.82. The van der Waals surface area contributed by atoms with Crippen LogP contribution in [0.4, 0.5) is 0 Å². The van der Waals surface area contributed by atoms with Gasteiger partial charge in [-0.25, -0.2) is 0 Å². The smallest absolute Gasteiger partial charge is 0.251 e. The summed E-state index contributed by atoms with van der Waals surface area (Å²) in [6, 6.07) is 5.61. The first-order valence-corrected chi connectivity index (χ1v) is 8.55. The zero-order chi connectivity index (χ0) is 15.5. The van der Waals surface area contributed by atoms with Gasteiger partial charge in [-0.15, -0.1) is 0 Å². The summed E-state index contributed by atoms with van der Waals surface area (Å²) in [4.78, 5) is 12.1. The lowest BCUT2D eigenvalue weighted by Gasteiger charge is -2.06. The van der Waals surface area contributed by atoms with E-state index in [-0.39, 0.29) is 12.5 Å². The molecule has 1 aromatic carbocycles. The summed E-state index contributed by atoms with van der Waals surface area (Å²) in [6.07, 6.45) is 4.66. The van der Waals surface area contributed by atoms with Crippen LogP contribution in [-0.2, 0) is 0 Å². The first kappa shape index (κ1) is 17.6. The zero-order valence-corrected chi connectivity index (χ0v) is 13.6. The van der Waals surface area contributed by atoms with E-state index in [0.717, 1.165) is 29.7 Å². The van der Waals surface area contributed by atoms with Gasteiger partial charge in [0.25, 0.3) is 5.91 Å². The number of thioether (sulfide) groups is 1. The number of benzene rings is 1. The molecule has 4 heteroatoms. The lowest BCUT2D eigenvalue weighted by Crippen LogP contribution is -2.24. The standard InChI is InChI=1S/C17H23NO2S/c1-14-11-15(7-3-5-9-19)13-16(12-14)17(20)18-8-4-6-10-21-2/h11-13,19H,4-6,8-10H2,1-2H3,(H,18,20). The lowest BCUT2D eigenvalue weighted by molar-refractivity contribution is 0.0953. The van der Waals surface area contributed by atoms with Crippen molar-refractivity contribution in [1.29, 1.82) is 0 Å². The van der Waals surface area contributed by atoms with Crippen molar-refractivity contribution in [3.05, 3.63) is 34.9 Å². The van der Waals surface area contributed by atoms with Crippen molar-refractivity contribution in [2.45, 2.75) is 26.2 Å². The summed E-state index contributed by atoms with van der Waals surface area (Å²) in [5.41, 5.74) is 2.47. The van der Waals surface area contributed by atoms with Gasteiger partial charge in [0.15, 0.2) is 0 Å². The molecule has 0 saturated carbocycles. The minimum Gasteiger partial charge on any atom is -0.395 e. The molecule has 0 heterocycles. The third-order valence-corrected chi connectivity index (χ3v) is 3.57. The maximum absolute atomic E-state index is 12.1. The average molecular weight is 305 g/mol. The Morgan fingerprint density at radius 3 is 2.86 bits per heavy atom. The third kappa shape index (κ3) is 7.22. The second-order valence-corrected chi connectivity index (χ2v) is 5.80. The highest BCUT2D eigenvalue weighted by Gasteiger charge is 2.06. The molecular weight excluding hydrogens is 282 g/mol. The number of carbonyl (C=O) groups is 1. The fraction of sp³-hybridized carbons (Fsp3) is 0.471. The molecule has 0 spiro atoms. The van der Waals surface area contributed by atoms with E-state index in [4.69, 9.17) is 5.11 Å². The summed E-state index contributed by atoms with van der Waals surface area (Å²) in [7, 11) is 0. The van der Waals surface area contributed by atoms with E-state index in [1.165, 1.54) is 0 Å². The molecular formula is C17H23NO2S. The van der Waals surface area contributed by atoms with Crippen molar-refractivity contribution >= 4 is 17.7 Å². The molecule has 0 aliphatic heterocycles. The van der Waals surface area contributed by atoms with E-state index in [2.05, 4.69) is 23.4 Å². The number of aryl methyl sites for hydroxylation is 1. The Kier molecular flexibility index (Phi) is 8.65. The van der Waals surface area contributed by atoms with E-state index >= 15 is 0 Å². The van der Waals surface area contributed by atoms with Crippen LogP contribution >= 0.6 is 11.8 Å². The van der Waals surface area contributed by atoms with E-state index in [1.807, 2.05) is 30.8 Å². The number of aliphatic hydroxyl groups excluding tert-OH is 1. The fourth-order valence-electron chi connectivity index (χ4n) is 1.88. The molecule has 1 aromatic rings. The number of rotatable bonds is 7. The molecule has 0 aromatic heterocycles. The molecule has 0 atom stereocenters. The van der Waals surface area contributed by atoms with Crippen molar-refractivity contribution in [3.8, 4) is 11.8 Å². The molecule has 0 aliphatic rings. The number of amides is 1. The maximum atomic E-state index is 12.1. The fourth-order valence-corrected chi connectivity index (χ4v) is 2.38. The van der Waals surface area contributed by atoms with Gasteiger partial charge in [0.1, 0.15) is 0 Å². The van der Waals surface area contributed by atoms with Gasteiger partial charge in [0, 0.05) is 24.1 Å². The Morgan fingerprint density at radius 1 is 1.33 bits per heavy atom. The number of carbonyl (C=O) groups excluding carboxylic acids is 1. The van der Waals surface area contributed by atoms with E-state index in [9.17, 15) is 4.79 Å². The Morgan fingerprint density at radius 2 is 2.14 bits per heavy atom. The quantitative estimate of drug-likeness (QED) is 0.601. The largest absolute Gasteiger partial charge is 0.395 e. The molecule has 1 rings (SSSR count). The first-order chi connectivity index (χ1) is 10.2. The lowest BCUT2D eigenvalue weighted by atomic mass is 10.1. The normalized spacial score (nSPS) is 9.86. The number of hydrogen-bond acceptors (Lipinski definition) is 3. The molecule has 0 saturated heterocycles. The van der Waals surface area contributed by atoms with Crippen LogP contribution in [0.1, 0.15) is 40.7 Å². The number of unbranched alkanes of at least 4 members (excludes halogenated alkanes) is 1. The molecule has 2 N–H and O–H groups in total. The molecule has 1 amide bonds. The highest BCUT2D eigenvalue weighted by molar-refractivity contribution is 7.98. The van der Waals surface area contributed by atoms with Gasteiger partial charge >= 0.3 is 0 Å². The van der Waals surface area contributed by atoms with E-state index < -0.39 is 0 Å². The predicted molar refractivity (Wildman–Crippen MR) is 89.7 cm³/mol. The number of hydrogen-bond donors (Lipinski definition) is 2. The summed E-state index contributed by atoms with van der Waals surface area (Å²) in [6.45, 7) is 2.72. The van der Waals surface area contributed by atoms with Crippen LogP contribution in [0.15, 0.2) is 18.2 Å². The van der Waals surface area contributed by atoms with Gasteiger partial charge in [-0.1, -0.05) is 11.8 Å². The number of nitrogens with one attached hydrogen (secondary N) is 1. The Labute approximate surface area is 131 Å². The van der Waals surface area contributed by atoms with Crippen LogP contribution in [-0.4, -0.2) is 36.2 Å². The molecule has 0 aliphatic carbocycles. The van der Waals surface area contributed by atoms with Gasteiger partial charge in [-0.3, -0.25) is 4.79 Å². The topological polar surface area (TPSA) is 49.3 Å². The summed E-state index contributed by atoms with van der Waals surface area (Å²) >= 11 is 1.82. The van der Waals surface area contributed by atoms with E-state index in [1.54, 1.807) is 6.07 Å². The molecule has 0 unspecified atom stereocenters. The SMILES string of the molecule is CSCCCCNC(=O)c1cc(C)cc(C#CCCO)c1. The summed E-state index contributed by atoms with van der Waals surface area (Å²) in [5, 5.41) is 11.7. The van der Waals surface area contributed by atoms with Crippen LogP contribution < -0.4 is 5.32 Å². The van der Waals surface area contributed by atoms with Crippen LogP contribution in [0, 0.1) is 18.8 Å². The van der Waals surface area contributed by atoms with Crippen molar-refractivity contribution in [2.75, 3.05) is 25.2 Å². The summed E-state index contributed by atoms with van der Waals surface area (Å²) < 4.78 is 0. The third-order valence-electron chi connectivity index (χ3n) is 2.87. The minimum absolute atomic E-state index is 0.0481. The monoisotopic (exact) mass is 305 g/mol. The second kappa shape index (κ2) is 10.3. The zero-order valence-electron chi connectivity index (χ0n) is 12.7. The van der Waals surface area contributed by atoms with Crippen molar-refractivity contribution in [1.82, 2.24) is 5.32 Å². The average Bonchev–Trinajstić information content (AvgIpc) is 2.46. The highest BCUT2D eigenvalue weighted by Crippen LogP contribution is 2.09. The molecule has 114 valence electrons. The van der Waals surface area contributed by atoms with Crippen LogP contribution in [0.25, 0.3) is 0 Å². The number of aliphatic hydroxyl groups is 1. The van der Waals surface area contributed by atoms with Crippen molar-refractivity contribution in [3.63, 3.8) is 0 Å². The summed E-state index contributed by atoms with van der Waals surface area (Å²) in [5.74, 6) is 6.93. The molecule has 0 radical (unpaired) electrons. The molecule has 21 heavy (non-hydrogen) atoms. The molecule has 0 bridgehead atoms. The van der Waals surface area contributed by atoms with E-state index in [0.29, 0.717) is 18.5 Å².